The molecule has 166 valence electrons. The molecule has 0 aromatic heterocycles. The molecule has 0 radical (unpaired) electrons. The first-order chi connectivity index (χ1) is 13.6. The molecule has 29 heavy (non-hydrogen) atoms. The fourth-order valence-electron chi connectivity index (χ4n) is 3.19. The zero-order valence-corrected chi connectivity index (χ0v) is 18.6. The zero-order chi connectivity index (χ0) is 22.1. The van der Waals surface area contributed by atoms with Crippen LogP contribution < -0.4 is 5.32 Å². The van der Waals surface area contributed by atoms with Gasteiger partial charge in [0.25, 0.3) is 0 Å². The number of esters is 1. The van der Waals surface area contributed by atoms with E-state index in [4.69, 9.17) is 9.47 Å². The molecule has 1 saturated heterocycles. The number of alkyl carbamates (subject to hydrolysis) is 1. The Morgan fingerprint density at radius 3 is 2.14 bits per heavy atom. The maximum Gasteiger partial charge on any atom is 0.408 e. The molecule has 0 atom stereocenters. The van der Waals surface area contributed by atoms with Gasteiger partial charge in [-0.25, -0.2) is 4.79 Å². The van der Waals surface area contributed by atoms with Gasteiger partial charge in [-0.15, -0.1) is 6.58 Å². The van der Waals surface area contributed by atoms with Crippen molar-refractivity contribution >= 4 is 18.0 Å². The van der Waals surface area contributed by atoms with Crippen LogP contribution in [0.5, 0.6) is 0 Å². The van der Waals surface area contributed by atoms with E-state index in [0.717, 1.165) is 0 Å². The maximum atomic E-state index is 12.6. The van der Waals surface area contributed by atoms with Gasteiger partial charge in [-0.2, -0.15) is 0 Å². The summed E-state index contributed by atoms with van der Waals surface area (Å²) in [6.07, 6.45) is 3.18. The van der Waals surface area contributed by atoms with Crippen molar-refractivity contribution in [3.05, 3.63) is 12.7 Å². The van der Waals surface area contributed by atoms with E-state index >= 15 is 0 Å². The molecule has 1 aliphatic rings. The molecule has 1 heterocycles. The van der Waals surface area contributed by atoms with Gasteiger partial charge in [-0.3, -0.25) is 14.5 Å². The highest BCUT2D eigenvalue weighted by atomic mass is 16.6. The van der Waals surface area contributed by atoms with E-state index < -0.39 is 17.1 Å². The van der Waals surface area contributed by atoms with Crippen LogP contribution in [0.1, 0.15) is 53.9 Å². The average molecular weight is 412 g/mol. The minimum absolute atomic E-state index is 0.0963. The first-order valence-corrected chi connectivity index (χ1v) is 10.3. The Kier molecular flexibility index (Phi) is 9.62. The Balaban J connectivity index is 2.39. The van der Waals surface area contributed by atoms with E-state index in [1.54, 1.807) is 31.7 Å². The lowest BCUT2D eigenvalue weighted by atomic mass is 9.79. The second-order valence-electron chi connectivity index (χ2n) is 8.40. The van der Waals surface area contributed by atoms with Gasteiger partial charge >= 0.3 is 12.1 Å². The number of hydrogen-bond acceptors (Lipinski definition) is 6. The quantitative estimate of drug-likeness (QED) is 0.463. The second-order valence-corrected chi connectivity index (χ2v) is 8.40. The average Bonchev–Trinajstić information content (AvgIpc) is 2.67. The third-order valence-electron chi connectivity index (χ3n) is 5.21. The molecule has 0 aromatic carbocycles. The number of carbonyl (C=O) groups is 3. The molecule has 8 nitrogen and oxygen atoms in total. The Bertz CT molecular complexity index is 573. The van der Waals surface area contributed by atoms with Crippen LogP contribution >= 0.6 is 0 Å². The number of piperazine rings is 1. The van der Waals surface area contributed by atoms with Gasteiger partial charge < -0.3 is 19.7 Å². The normalized spacial score (nSPS) is 15.6. The number of allylic oxidation sites excluding steroid dienone is 1. The molecule has 0 unspecified atom stereocenters. The van der Waals surface area contributed by atoms with Gasteiger partial charge in [0.2, 0.25) is 5.91 Å². The number of nitrogens with zero attached hydrogens (tertiary/aromatic N) is 2. The predicted molar refractivity (Wildman–Crippen MR) is 111 cm³/mol. The van der Waals surface area contributed by atoms with Gasteiger partial charge in [-0.05, 0) is 40.0 Å². The van der Waals surface area contributed by atoms with Crippen LogP contribution in [0.3, 0.4) is 0 Å². The number of carbonyl (C=O) groups excluding carboxylic acids is 3. The van der Waals surface area contributed by atoms with Crippen LogP contribution in [0.25, 0.3) is 0 Å². The molecule has 0 saturated carbocycles. The van der Waals surface area contributed by atoms with Crippen LogP contribution in [0.15, 0.2) is 12.7 Å². The number of rotatable bonds is 9. The van der Waals surface area contributed by atoms with Crippen molar-refractivity contribution in [2.24, 2.45) is 5.41 Å². The van der Waals surface area contributed by atoms with Gasteiger partial charge in [0.15, 0.2) is 0 Å². The fourth-order valence-corrected chi connectivity index (χ4v) is 3.19. The molecular formula is C21H37N3O5. The highest BCUT2D eigenvalue weighted by Crippen LogP contribution is 2.32. The van der Waals surface area contributed by atoms with Crippen LogP contribution in [0, 0.1) is 5.41 Å². The predicted octanol–water partition coefficient (Wildman–Crippen LogP) is 2.54. The van der Waals surface area contributed by atoms with Crippen LogP contribution in [0.2, 0.25) is 0 Å². The summed E-state index contributed by atoms with van der Waals surface area (Å²) >= 11 is 0. The second kappa shape index (κ2) is 11.2. The Hall–Kier alpha value is -2.09. The molecule has 1 fully saturated rings. The molecule has 0 aliphatic carbocycles. The van der Waals surface area contributed by atoms with Crippen molar-refractivity contribution in [2.45, 2.75) is 59.5 Å². The Labute approximate surface area is 174 Å². The topological polar surface area (TPSA) is 88.2 Å². The summed E-state index contributed by atoms with van der Waals surface area (Å²) in [6, 6.07) is 0. The summed E-state index contributed by atoms with van der Waals surface area (Å²) in [5, 5.41) is 2.49. The van der Waals surface area contributed by atoms with Gasteiger partial charge in [0, 0.05) is 26.2 Å². The fraction of sp³-hybridized carbons (Fsp3) is 0.762. The van der Waals surface area contributed by atoms with Crippen LogP contribution in [-0.2, 0) is 19.1 Å². The van der Waals surface area contributed by atoms with E-state index in [1.165, 1.54) is 0 Å². The minimum atomic E-state index is -0.605. The summed E-state index contributed by atoms with van der Waals surface area (Å²) in [7, 11) is 0. The molecule has 8 heteroatoms. The largest absolute Gasteiger partial charge is 0.449 e. The van der Waals surface area contributed by atoms with Gasteiger partial charge in [0.1, 0.15) is 18.9 Å². The number of hydrogen-bond donors (Lipinski definition) is 1. The minimum Gasteiger partial charge on any atom is -0.449 e. The molecule has 1 aliphatic heterocycles. The zero-order valence-electron chi connectivity index (χ0n) is 18.6. The maximum absolute atomic E-state index is 12.6. The van der Waals surface area contributed by atoms with E-state index in [1.807, 2.05) is 18.7 Å². The summed E-state index contributed by atoms with van der Waals surface area (Å²) in [4.78, 5) is 40.2. The third-order valence-corrected chi connectivity index (χ3v) is 5.21. The van der Waals surface area contributed by atoms with Crippen molar-refractivity contribution in [2.75, 3.05) is 39.5 Å². The molecule has 1 N–H and O–H groups in total. The van der Waals surface area contributed by atoms with Crippen LogP contribution in [0.4, 0.5) is 4.79 Å². The standard InChI is InChI=1S/C21H37N3O5/c1-7-10-21(8-2,9-3)18(26)28-16-23-11-13-24(14-12-23)17(25)15-22-19(27)29-20(4,5)6/h7H,1,8-16H2,2-6H3,(H,22,27). The smallest absolute Gasteiger partial charge is 0.408 e. The van der Waals surface area contributed by atoms with Crippen molar-refractivity contribution in [1.82, 2.24) is 15.1 Å². The lowest BCUT2D eigenvalue weighted by Crippen LogP contribution is -2.52. The highest BCUT2D eigenvalue weighted by molar-refractivity contribution is 5.82. The monoisotopic (exact) mass is 411 g/mol. The lowest BCUT2D eigenvalue weighted by Gasteiger charge is -2.35. The first kappa shape index (κ1) is 24.9. The number of ether oxygens (including phenoxy) is 2. The number of nitrogens with one attached hydrogen (secondary N) is 1. The lowest BCUT2D eigenvalue weighted by molar-refractivity contribution is -0.162. The Morgan fingerprint density at radius 1 is 1.07 bits per heavy atom. The third kappa shape index (κ3) is 8.04. The molecule has 1 rings (SSSR count). The van der Waals surface area contributed by atoms with E-state index in [0.29, 0.717) is 45.4 Å². The number of amides is 2. The van der Waals surface area contributed by atoms with E-state index in [-0.39, 0.29) is 25.2 Å². The molecule has 0 bridgehead atoms. The van der Waals surface area contributed by atoms with Crippen molar-refractivity contribution in [1.29, 1.82) is 0 Å². The molecule has 0 aromatic rings. The first-order valence-electron chi connectivity index (χ1n) is 10.3. The van der Waals surface area contributed by atoms with Crippen molar-refractivity contribution in [3.8, 4) is 0 Å². The van der Waals surface area contributed by atoms with Gasteiger partial charge in [0.05, 0.1) is 5.41 Å². The molecular weight excluding hydrogens is 374 g/mol. The Morgan fingerprint density at radius 2 is 1.66 bits per heavy atom. The SMILES string of the molecule is C=CCC(CC)(CC)C(=O)OCN1CCN(C(=O)CNC(=O)OC(C)(C)C)CC1. The van der Waals surface area contributed by atoms with Crippen molar-refractivity contribution in [3.63, 3.8) is 0 Å². The summed E-state index contributed by atoms with van der Waals surface area (Å²) in [6.45, 7) is 15.4. The molecule has 0 spiro atoms. The highest BCUT2D eigenvalue weighted by Gasteiger charge is 2.35. The molecule has 2 amide bonds. The summed E-state index contributed by atoms with van der Waals surface area (Å²) in [5.41, 5.74) is -1.11. The van der Waals surface area contributed by atoms with Crippen LogP contribution in [-0.4, -0.2) is 72.8 Å². The van der Waals surface area contributed by atoms with E-state index in [2.05, 4.69) is 11.9 Å². The van der Waals surface area contributed by atoms with Crippen molar-refractivity contribution < 1.29 is 23.9 Å². The summed E-state index contributed by atoms with van der Waals surface area (Å²) < 4.78 is 10.7. The summed E-state index contributed by atoms with van der Waals surface area (Å²) in [5.74, 6) is -0.350. The van der Waals surface area contributed by atoms with Gasteiger partial charge in [-0.1, -0.05) is 19.9 Å². The van der Waals surface area contributed by atoms with E-state index in [9.17, 15) is 14.4 Å².